The van der Waals surface area contributed by atoms with Crippen molar-refractivity contribution < 1.29 is 14.3 Å². The normalized spacial score (nSPS) is 11.1. The van der Waals surface area contributed by atoms with Gasteiger partial charge in [0.25, 0.3) is 0 Å². The zero-order chi connectivity index (χ0) is 16.7. The number of ether oxygens (including phenoxy) is 1. The number of Topliss-reactive ketones (excluding diaryl/α,β-unsaturated/α-hetero) is 1. The van der Waals surface area contributed by atoms with Crippen LogP contribution in [0.2, 0.25) is 5.02 Å². The number of hydrogen-bond acceptors (Lipinski definition) is 3. The molecule has 0 bridgehead atoms. The second kappa shape index (κ2) is 8.30. The first-order valence-corrected chi connectivity index (χ1v) is 7.70. The minimum Gasteiger partial charge on any atom is -0.463 e. The van der Waals surface area contributed by atoms with Crippen LogP contribution in [0.4, 0.5) is 0 Å². The molecule has 0 aliphatic heterocycles. The van der Waals surface area contributed by atoms with Gasteiger partial charge in [0, 0.05) is 22.6 Å². The predicted octanol–water partition coefficient (Wildman–Crippen LogP) is 4.56. The van der Waals surface area contributed by atoms with E-state index in [1.165, 1.54) is 0 Å². The average molecular weight is 329 g/mol. The molecule has 3 nitrogen and oxygen atoms in total. The van der Waals surface area contributed by atoms with Crippen LogP contribution in [-0.4, -0.2) is 18.4 Å². The van der Waals surface area contributed by atoms with Crippen molar-refractivity contribution in [2.24, 2.45) is 0 Å². The molecule has 2 rings (SSSR count). The Kier molecular flexibility index (Phi) is 6.12. The van der Waals surface area contributed by atoms with E-state index in [4.69, 9.17) is 16.3 Å². The van der Waals surface area contributed by atoms with Gasteiger partial charge in [-0.2, -0.15) is 0 Å². The first-order chi connectivity index (χ1) is 11.1. The summed E-state index contributed by atoms with van der Waals surface area (Å²) in [7, 11) is 0. The minimum absolute atomic E-state index is 0.0337. The summed E-state index contributed by atoms with van der Waals surface area (Å²) < 4.78 is 5.05. The van der Waals surface area contributed by atoms with Crippen molar-refractivity contribution in [3.8, 4) is 0 Å². The summed E-state index contributed by atoms with van der Waals surface area (Å²) in [6.07, 6.45) is 1.58. The SMILES string of the molecule is CCOC(=O)/C(=C/c1ccccc1Cl)CC(=O)c1ccccc1. The average Bonchev–Trinajstić information content (AvgIpc) is 2.57. The quantitative estimate of drug-likeness (QED) is 0.443. The number of ketones is 1. The largest absolute Gasteiger partial charge is 0.463 e. The molecular weight excluding hydrogens is 312 g/mol. The van der Waals surface area contributed by atoms with Gasteiger partial charge in [0.1, 0.15) is 0 Å². The van der Waals surface area contributed by atoms with Gasteiger partial charge in [0.15, 0.2) is 5.78 Å². The van der Waals surface area contributed by atoms with Gasteiger partial charge in [-0.25, -0.2) is 4.79 Å². The van der Waals surface area contributed by atoms with E-state index < -0.39 is 5.97 Å². The minimum atomic E-state index is -0.503. The highest BCUT2D eigenvalue weighted by molar-refractivity contribution is 6.32. The van der Waals surface area contributed by atoms with Crippen molar-refractivity contribution in [3.63, 3.8) is 0 Å². The molecule has 2 aromatic rings. The van der Waals surface area contributed by atoms with Gasteiger partial charge in [0.05, 0.1) is 6.61 Å². The highest BCUT2D eigenvalue weighted by Crippen LogP contribution is 2.21. The second-order valence-electron chi connectivity index (χ2n) is 4.88. The molecule has 0 amide bonds. The van der Waals surface area contributed by atoms with Crippen LogP contribution in [0.3, 0.4) is 0 Å². The number of benzene rings is 2. The molecule has 0 unspecified atom stereocenters. The lowest BCUT2D eigenvalue weighted by Gasteiger charge is -2.08. The Morgan fingerprint density at radius 3 is 2.35 bits per heavy atom. The van der Waals surface area contributed by atoms with E-state index in [0.717, 1.165) is 0 Å². The van der Waals surface area contributed by atoms with E-state index in [2.05, 4.69) is 0 Å². The summed E-state index contributed by atoms with van der Waals surface area (Å²) >= 11 is 6.12. The molecule has 0 saturated carbocycles. The zero-order valence-electron chi connectivity index (χ0n) is 12.8. The zero-order valence-corrected chi connectivity index (χ0v) is 13.5. The van der Waals surface area contributed by atoms with Gasteiger partial charge in [-0.1, -0.05) is 60.1 Å². The molecule has 0 atom stereocenters. The molecule has 0 spiro atoms. The molecular formula is C19H17ClO3. The van der Waals surface area contributed by atoms with Crippen molar-refractivity contribution in [3.05, 3.63) is 76.3 Å². The highest BCUT2D eigenvalue weighted by atomic mass is 35.5. The second-order valence-corrected chi connectivity index (χ2v) is 5.28. The van der Waals surface area contributed by atoms with Crippen LogP contribution < -0.4 is 0 Å². The Balaban J connectivity index is 2.30. The van der Waals surface area contributed by atoms with Gasteiger partial charge in [-0.15, -0.1) is 0 Å². The molecule has 4 heteroatoms. The Morgan fingerprint density at radius 2 is 1.70 bits per heavy atom. The van der Waals surface area contributed by atoms with E-state index in [1.54, 1.807) is 55.5 Å². The molecule has 0 aliphatic carbocycles. The molecule has 0 saturated heterocycles. The smallest absolute Gasteiger partial charge is 0.334 e. The third kappa shape index (κ3) is 4.80. The van der Waals surface area contributed by atoms with Crippen molar-refractivity contribution >= 4 is 29.4 Å². The van der Waals surface area contributed by atoms with Crippen LogP contribution in [0.25, 0.3) is 6.08 Å². The predicted molar refractivity (Wildman–Crippen MR) is 91.5 cm³/mol. The number of carbonyl (C=O) groups excluding carboxylic acids is 2. The van der Waals surface area contributed by atoms with Crippen molar-refractivity contribution in [2.45, 2.75) is 13.3 Å². The van der Waals surface area contributed by atoms with E-state index in [1.807, 2.05) is 12.1 Å². The van der Waals surface area contributed by atoms with Gasteiger partial charge in [0.2, 0.25) is 0 Å². The molecule has 0 aromatic heterocycles. The first kappa shape index (κ1) is 17.0. The van der Waals surface area contributed by atoms with Crippen molar-refractivity contribution in [1.29, 1.82) is 0 Å². The summed E-state index contributed by atoms with van der Waals surface area (Å²) in [5.74, 6) is -0.645. The fourth-order valence-electron chi connectivity index (χ4n) is 2.08. The first-order valence-electron chi connectivity index (χ1n) is 7.32. The van der Waals surface area contributed by atoms with Crippen LogP contribution in [0, 0.1) is 0 Å². The number of carbonyl (C=O) groups is 2. The fraction of sp³-hybridized carbons (Fsp3) is 0.158. The number of halogens is 1. The Hall–Kier alpha value is -2.39. The van der Waals surface area contributed by atoms with Crippen LogP contribution in [0.5, 0.6) is 0 Å². The Bertz CT molecular complexity index is 720. The maximum Gasteiger partial charge on any atom is 0.334 e. The number of rotatable bonds is 6. The standard InChI is InChI=1S/C19H17ClO3/c1-2-23-19(22)16(12-15-10-6-7-11-17(15)20)13-18(21)14-8-4-3-5-9-14/h3-12H,2,13H2,1H3/b16-12+. The molecule has 0 radical (unpaired) electrons. The van der Waals surface area contributed by atoms with E-state index in [0.29, 0.717) is 16.1 Å². The van der Waals surface area contributed by atoms with Crippen LogP contribution in [-0.2, 0) is 9.53 Å². The van der Waals surface area contributed by atoms with Crippen molar-refractivity contribution in [1.82, 2.24) is 0 Å². The third-order valence-electron chi connectivity index (χ3n) is 3.22. The number of hydrogen-bond donors (Lipinski definition) is 0. The molecule has 0 fully saturated rings. The maximum atomic E-state index is 12.4. The topological polar surface area (TPSA) is 43.4 Å². The van der Waals surface area contributed by atoms with Gasteiger partial charge >= 0.3 is 5.97 Å². The lowest BCUT2D eigenvalue weighted by atomic mass is 10.0. The Morgan fingerprint density at radius 1 is 1.04 bits per heavy atom. The lowest BCUT2D eigenvalue weighted by molar-refractivity contribution is -0.138. The van der Waals surface area contributed by atoms with E-state index in [9.17, 15) is 9.59 Å². The lowest BCUT2D eigenvalue weighted by Crippen LogP contribution is -2.12. The van der Waals surface area contributed by atoms with Crippen LogP contribution >= 0.6 is 11.6 Å². The van der Waals surface area contributed by atoms with Crippen LogP contribution in [0.15, 0.2) is 60.2 Å². The molecule has 118 valence electrons. The van der Waals surface area contributed by atoms with E-state index in [-0.39, 0.29) is 24.4 Å². The summed E-state index contributed by atoms with van der Waals surface area (Å²) in [4.78, 5) is 24.5. The van der Waals surface area contributed by atoms with Gasteiger partial charge < -0.3 is 4.74 Å². The van der Waals surface area contributed by atoms with E-state index >= 15 is 0 Å². The molecule has 0 heterocycles. The van der Waals surface area contributed by atoms with Crippen LogP contribution in [0.1, 0.15) is 29.3 Å². The van der Waals surface area contributed by atoms with Gasteiger partial charge in [-0.3, -0.25) is 4.79 Å². The Labute approximate surface area is 140 Å². The van der Waals surface area contributed by atoms with Crippen molar-refractivity contribution in [2.75, 3.05) is 6.61 Å². The summed E-state index contributed by atoms with van der Waals surface area (Å²) in [6.45, 7) is 1.97. The molecule has 0 N–H and O–H groups in total. The molecule has 0 aliphatic rings. The third-order valence-corrected chi connectivity index (χ3v) is 3.56. The monoisotopic (exact) mass is 328 g/mol. The maximum absolute atomic E-state index is 12.4. The molecule has 2 aromatic carbocycles. The summed E-state index contributed by atoms with van der Waals surface area (Å²) in [5.41, 5.74) is 1.52. The summed E-state index contributed by atoms with van der Waals surface area (Å²) in [5, 5.41) is 0.515. The van der Waals surface area contributed by atoms with Gasteiger partial charge in [-0.05, 0) is 24.6 Å². The number of esters is 1. The highest BCUT2D eigenvalue weighted by Gasteiger charge is 2.17. The summed E-state index contributed by atoms with van der Waals surface area (Å²) in [6, 6.07) is 16.0. The molecule has 23 heavy (non-hydrogen) atoms. The fourth-order valence-corrected chi connectivity index (χ4v) is 2.28.